The zero-order valence-corrected chi connectivity index (χ0v) is 15.9. The molecule has 0 fully saturated rings. The first-order valence-electron chi connectivity index (χ1n) is 9.38. The Morgan fingerprint density at radius 2 is 1.90 bits per heavy atom. The molecule has 0 bridgehead atoms. The van der Waals surface area contributed by atoms with Gasteiger partial charge in [-0.25, -0.2) is 15.0 Å². The van der Waals surface area contributed by atoms with Crippen LogP contribution in [0.25, 0.3) is 50.7 Å². The van der Waals surface area contributed by atoms with Crippen molar-refractivity contribution in [2.75, 3.05) is 0 Å². The van der Waals surface area contributed by atoms with Crippen LogP contribution in [0.5, 0.6) is 0 Å². The van der Waals surface area contributed by atoms with Crippen LogP contribution in [0, 0.1) is 6.92 Å². The number of pyridine rings is 3. The monoisotopic (exact) mass is 393 g/mol. The Hall–Kier alpha value is -4.40. The smallest absolute Gasteiger partial charge is 0.166 e. The fourth-order valence-electron chi connectivity index (χ4n) is 3.51. The number of aryl methyl sites for hydroxylation is 1. The van der Waals surface area contributed by atoms with E-state index < -0.39 is 0 Å². The van der Waals surface area contributed by atoms with E-state index in [2.05, 4.69) is 35.1 Å². The summed E-state index contributed by atoms with van der Waals surface area (Å²) in [7, 11) is 0. The Balaban J connectivity index is 1.52. The van der Waals surface area contributed by atoms with Gasteiger partial charge >= 0.3 is 0 Å². The maximum Gasteiger partial charge on any atom is 0.166 e. The van der Waals surface area contributed by atoms with Crippen LogP contribution < -0.4 is 0 Å². The molecule has 144 valence electrons. The van der Waals surface area contributed by atoms with Crippen molar-refractivity contribution >= 4 is 21.9 Å². The first kappa shape index (κ1) is 16.5. The predicted octanol–water partition coefficient (Wildman–Crippen LogP) is 3.45. The number of nitrogens with one attached hydrogen (secondary N) is 2. The number of aromatic amines is 2. The average Bonchev–Trinajstić information content (AvgIpc) is 3.51. The molecule has 9 heteroatoms. The lowest BCUT2D eigenvalue weighted by atomic mass is 10.1. The van der Waals surface area contributed by atoms with E-state index >= 15 is 0 Å². The molecule has 0 aliphatic carbocycles. The highest BCUT2D eigenvalue weighted by Gasteiger charge is 2.17. The molecule has 6 aromatic heterocycles. The highest BCUT2D eigenvalue weighted by atomic mass is 15.2. The molecule has 9 nitrogen and oxygen atoms in total. The second-order valence-electron chi connectivity index (χ2n) is 6.94. The molecule has 0 aliphatic heterocycles. The summed E-state index contributed by atoms with van der Waals surface area (Å²) in [6.07, 6.45) is 8.93. The summed E-state index contributed by atoms with van der Waals surface area (Å²) in [5.41, 5.74) is 5.66. The van der Waals surface area contributed by atoms with E-state index in [0.717, 1.165) is 39.0 Å². The molecular formula is C21H15N9. The van der Waals surface area contributed by atoms with Gasteiger partial charge in [0.1, 0.15) is 17.5 Å². The molecule has 0 saturated carbocycles. The minimum absolute atomic E-state index is 0.653. The first-order valence-corrected chi connectivity index (χ1v) is 9.38. The molecule has 0 spiro atoms. The van der Waals surface area contributed by atoms with E-state index in [1.807, 2.05) is 48.0 Å². The molecule has 6 aromatic rings. The maximum atomic E-state index is 4.81. The summed E-state index contributed by atoms with van der Waals surface area (Å²) in [4.78, 5) is 25.8. The molecule has 30 heavy (non-hydrogen) atoms. The van der Waals surface area contributed by atoms with Gasteiger partial charge in [-0.1, -0.05) is 6.07 Å². The van der Waals surface area contributed by atoms with Crippen molar-refractivity contribution in [2.45, 2.75) is 6.92 Å². The third-order valence-corrected chi connectivity index (χ3v) is 4.94. The van der Waals surface area contributed by atoms with Crippen molar-refractivity contribution in [1.29, 1.82) is 0 Å². The van der Waals surface area contributed by atoms with Gasteiger partial charge in [0.15, 0.2) is 11.6 Å². The predicted molar refractivity (Wildman–Crippen MR) is 112 cm³/mol. The molecule has 2 N–H and O–H groups in total. The van der Waals surface area contributed by atoms with E-state index in [4.69, 9.17) is 4.98 Å². The summed E-state index contributed by atoms with van der Waals surface area (Å²) in [6, 6.07) is 9.63. The number of aromatic nitrogens is 9. The Morgan fingerprint density at radius 3 is 2.73 bits per heavy atom. The largest absolute Gasteiger partial charge is 0.336 e. The second kappa shape index (κ2) is 6.31. The number of nitrogens with zero attached hydrogens (tertiary/aromatic N) is 7. The van der Waals surface area contributed by atoms with E-state index in [1.165, 1.54) is 0 Å². The van der Waals surface area contributed by atoms with Crippen LogP contribution in [-0.4, -0.2) is 44.7 Å². The number of fused-ring (bicyclic) bond motifs is 2. The van der Waals surface area contributed by atoms with Gasteiger partial charge in [-0.2, -0.15) is 5.10 Å². The maximum absolute atomic E-state index is 4.81. The van der Waals surface area contributed by atoms with Crippen molar-refractivity contribution in [3.8, 4) is 28.7 Å². The number of H-pyrrole nitrogens is 2. The Morgan fingerprint density at radius 1 is 0.933 bits per heavy atom. The quantitative estimate of drug-likeness (QED) is 0.476. The normalized spacial score (nSPS) is 11.5. The Bertz CT molecular complexity index is 1510. The molecule has 0 aromatic carbocycles. The summed E-state index contributed by atoms with van der Waals surface area (Å²) in [6.45, 7) is 1.94. The van der Waals surface area contributed by atoms with Crippen LogP contribution in [0.1, 0.15) is 5.69 Å². The molecule has 0 aliphatic rings. The Labute approximate surface area is 169 Å². The molecular weight excluding hydrogens is 378 g/mol. The topological polar surface area (TPSA) is 114 Å². The highest BCUT2D eigenvalue weighted by Crippen LogP contribution is 2.29. The molecule has 0 unspecified atom stereocenters. The zero-order valence-electron chi connectivity index (χ0n) is 15.9. The number of imidazole rings is 2. The van der Waals surface area contributed by atoms with Crippen LogP contribution in [0.2, 0.25) is 0 Å². The van der Waals surface area contributed by atoms with Crippen LogP contribution in [-0.2, 0) is 0 Å². The highest BCUT2D eigenvalue weighted by molar-refractivity contribution is 5.95. The number of hydrogen-bond donors (Lipinski definition) is 2. The van der Waals surface area contributed by atoms with Crippen LogP contribution in [0.3, 0.4) is 0 Å². The second-order valence-corrected chi connectivity index (χ2v) is 6.94. The van der Waals surface area contributed by atoms with Gasteiger partial charge in [0.25, 0.3) is 0 Å². The van der Waals surface area contributed by atoms with Crippen molar-refractivity contribution < 1.29 is 0 Å². The van der Waals surface area contributed by atoms with Gasteiger partial charge < -0.3 is 4.98 Å². The van der Waals surface area contributed by atoms with Crippen molar-refractivity contribution in [1.82, 2.24) is 44.7 Å². The number of rotatable bonds is 3. The molecule has 0 radical (unpaired) electrons. The van der Waals surface area contributed by atoms with Gasteiger partial charge in [0.2, 0.25) is 0 Å². The van der Waals surface area contributed by atoms with Crippen LogP contribution >= 0.6 is 0 Å². The van der Waals surface area contributed by atoms with Gasteiger partial charge in [0.05, 0.1) is 34.3 Å². The SMILES string of the molecule is Cc1cn(-c2nccc3[nH]c(-c4n[nH]c5cnc(-c6ccccn6)cc45)nc23)cn1. The molecule has 0 atom stereocenters. The third kappa shape index (κ3) is 2.56. The van der Waals surface area contributed by atoms with Gasteiger partial charge in [-0.3, -0.25) is 19.6 Å². The fourth-order valence-corrected chi connectivity index (χ4v) is 3.51. The van der Waals surface area contributed by atoms with E-state index in [0.29, 0.717) is 17.3 Å². The standard InChI is InChI=1S/C21H15N9/c1-12-10-30(11-25-12)21-19-15(5-7-23-21)26-20(27-19)18-13-8-16(14-4-2-3-6-22-14)24-9-17(13)28-29-18/h2-11H,1H3,(H,26,27)(H,28,29). The minimum atomic E-state index is 0.653. The summed E-state index contributed by atoms with van der Waals surface area (Å²) < 4.78 is 1.87. The third-order valence-electron chi connectivity index (χ3n) is 4.94. The van der Waals surface area contributed by atoms with Gasteiger partial charge in [-0.05, 0) is 31.2 Å². The van der Waals surface area contributed by atoms with Crippen molar-refractivity contribution in [2.24, 2.45) is 0 Å². The van der Waals surface area contributed by atoms with Gasteiger partial charge in [-0.15, -0.1) is 0 Å². The van der Waals surface area contributed by atoms with E-state index in [1.54, 1.807) is 24.9 Å². The summed E-state index contributed by atoms with van der Waals surface area (Å²) in [5.74, 6) is 1.37. The summed E-state index contributed by atoms with van der Waals surface area (Å²) >= 11 is 0. The van der Waals surface area contributed by atoms with Crippen molar-refractivity contribution in [3.05, 3.63) is 67.1 Å². The minimum Gasteiger partial charge on any atom is -0.336 e. The lowest BCUT2D eigenvalue weighted by Gasteiger charge is -2.00. The average molecular weight is 393 g/mol. The Kier molecular flexibility index (Phi) is 3.48. The molecule has 6 heterocycles. The lowest BCUT2D eigenvalue weighted by Crippen LogP contribution is -1.95. The van der Waals surface area contributed by atoms with Crippen LogP contribution in [0.4, 0.5) is 0 Å². The molecule has 0 saturated heterocycles. The summed E-state index contributed by atoms with van der Waals surface area (Å²) in [5, 5.41) is 8.43. The van der Waals surface area contributed by atoms with Crippen LogP contribution in [0.15, 0.2) is 61.4 Å². The van der Waals surface area contributed by atoms with Crippen molar-refractivity contribution in [3.63, 3.8) is 0 Å². The zero-order chi connectivity index (χ0) is 20.1. The lowest BCUT2D eigenvalue weighted by molar-refractivity contribution is 1.00. The van der Waals surface area contributed by atoms with E-state index in [9.17, 15) is 0 Å². The molecule has 6 rings (SSSR count). The fraction of sp³-hybridized carbons (Fsp3) is 0.0476. The van der Waals surface area contributed by atoms with Gasteiger partial charge in [0, 0.05) is 24.0 Å². The molecule has 0 amide bonds. The number of hydrogen-bond acceptors (Lipinski definition) is 6. The first-order chi connectivity index (χ1) is 14.8. The van der Waals surface area contributed by atoms with E-state index in [-0.39, 0.29) is 0 Å².